The molecular weight excluding hydrogens is 408 g/mol. The fourth-order valence-corrected chi connectivity index (χ4v) is 2.97. The molecule has 0 aliphatic heterocycles. The number of primary sulfonamides is 1. The van der Waals surface area contributed by atoms with Gasteiger partial charge in [-0.1, -0.05) is 35.0 Å². The van der Waals surface area contributed by atoms with E-state index >= 15 is 0 Å². The van der Waals surface area contributed by atoms with Gasteiger partial charge in [-0.3, -0.25) is 4.79 Å². The van der Waals surface area contributed by atoms with E-state index in [1.807, 2.05) is 13.0 Å². The Kier molecular flexibility index (Phi) is 6.57. The number of nitrogens with two attached hydrogens (primary N) is 1. The first-order valence-electron chi connectivity index (χ1n) is 7.63. The van der Waals surface area contributed by atoms with Crippen molar-refractivity contribution < 1.29 is 17.9 Å². The Morgan fingerprint density at radius 3 is 2.48 bits per heavy atom. The van der Waals surface area contributed by atoms with Crippen molar-refractivity contribution in [3.63, 3.8) is 0 Å². The smallest absolute Gasteiger partial charge is 0.255 e. The molecule has 2 rings (SSSR count). The van der Waals surface area contributed by atoms with Gasteiger partial charge >= 0.3 is 0 Å². The molecule has 0 radical (unpaired) electrons. The summed E-state index contributed by atoms with van der Waals surface area (Å²) in [5.74, 6) is 0.245. The number of rotatable bonds is 7. The van der Waals surface area contributed by atoms with Gasteiger partial charge in [-0.2, -0.15) is 0 Å². The Morgan fingerprint density at radius 1 is 1.20 bits per heavy atom. The molecule has 0 heterocycles. The highest BCUT2D eigenvalue weighted by Gasteiger charge is 2.13. The molecule has 6 nitrogen and oxygen atoms in total. The quantitative estimate of drug-likeness (QED) is 0.710. The highest BCUT2D eigenvalue weighted by Crippen LogP contribution is 2.23. The van der Waals surface area contributed by atoms with Crippen molar-refractivity contribution in [1.82, 2.24) is 5.32 Å². The lowest BCUT2D eigenvalue weighted by atomic mass is 10.1. The van der Waals surface area contributed by atoms with Gasteiger partial charge in [0.25, 0.3) is 5.91 Å². The van der Waals surface area contributed by atoms with E-state index in [-0.39, 0.29) is 17.3 Å². The Morgan fingerprint density at radius 2 is 1.88 bits per heavy atom. The number of hydrogen-bond acceptors (Lipinski definition) is 4. The maximum Gasteiger partial charge on any atom is 0.255 e. The minimum Gasteiger partial charge on any atom is -0.493 e. The van der Waals surface area contributed by atoms with Crippen molar-refractivity contribution in [2.75, 3.05) is 6.61 Å². The molecule has 0 saturated carbocycles. The zero-order chi connectivity index (χ0) is 18.4. The molecule has 25 heavy (non-hydrogen) atoms. The molecule has 3 N–H and O–H groups in total. The van der Waals surface area contributed by atoms with Crippen LogP contribution in [-0.4, -0.2) is 20.9 Å². The number of sulfonamides is 1. The number of halogens is 1. The van der Waals surface area contributed by atoms with Crippen LogP contribution in [0, 0.1) is 0 Å². The number of ether oxygens (including phenoxy) is 1. The molecule has 1 amide bonds. The average molecular weight is 427 g/mol. The summed E-state index contributed by atoms with van der Waals surface area (Å²) in [7, 11) is -3.72. The molecule has 0 aliphatic carbocycles. The van der Waals surface area contributed by atoms with E-state index in [0.717, 1.165) is 16.5 Å². The van der Waals surface area contributed by atoms with Crippen LogP contribution in [-0.2, 0) is 16.6 Å². The summed E-state index contributed by atoms with van der Waals surface area (Å²) < 4.78 is 28.9. The van der Waals surface area contributed by atoms with Crippen molar-refractivity contribution in [1.29, 1.82) is 0 Å². The van der Waals surface area contributed by atoms with Gasteiger partial charge in [0.1, 0.15) is 5.75 Å². The van der Waals surface area contributed by atoms with Gasteiger partial charge in [0.05, 0.1) is 17.1 Å². The summed E-state index contributed by atoms with van der Waals surface area (Å²) in [6, 6.07) is 11.3. The highest BCUT2D eigenvalue weighted by atomic mass is 79.9. The topological polar surface area (TPSA) is 98.5 Å². The maximum absolute atomic E-state index is 12.5. The molecule has 0 aromatic heterocycles. The molecule has 0 aliphatic rings. The van der Waals surface area contributed by atoms with Crippen molar-refractivity contribution >= 4 is 31.9 Å². The first-order valence-corrected chi connectivity index (χ1v) is 9.97. The van der Waals surface area contributed by atoms with Crippen LogP contribution in [0.4, 0.5) is 0 Å². The van der Waals surface area contributed by atoms with E-state index in [1.165, 1.54) is 12.1 Å². The minimum atomic E-state index is -3.72. The highest BCUT2D eigenvalue weighted by molar-refractivity contribution is 9.10. The van der Waals surface area contributed by atoms with E-state index in [0.29, 0.717) is 17.9 Å². The number of carbonyl (C=O) groups excluding carboxylic acids is 1. The van der Waals surface area contributed by atoms with Crippen molar-refractivity contribution in [3.05, 3.63) is 58.1 Å². The molecule has 0 atom stereocenters. The third-order valence-electron chi connectivity index (χ3n) is 3.35. The van der Waals surface area contributed by atoms with E-state index < -0.39 is 10.0 Å². The van der Waals surface area contributed by atoms with Crippen LogP contribution in [0.1, 0.15) is 29.3 Å². The predicted molar refractivity (Wildman–Crippen MR) is 98.9 cm³/mol. The van der Waals surface area contributed by atoms with Gasteiger partial charge in [0, 0.05) is 11.0 Å². The van der Waals surface area contributed by atoms with Crippen molar-refractivity contribution in [2.45, 2.75) is 24.8 Å². The first-order chi connectivity index (χ1) is 11.8. The van der Waals surface area contributed by atoms with Crippen molar-refractivity contribution in [2.24, 2.45) is 5.14 Å². The Bertz CT molecular complexity index is 851. The molecule has 0 spiro atoms. The van der Waals surface area contributed by atoms with E-state index in [1.54, 1.807) is 24.3 Å². The first kappa shape index (κ1) is 19.4. The monoisotopic (exact) mass is 426 g/mol. The van der Waals surface area contributed by atoms with Crippen LogP contribution < -0.4 is 15.2 Å². The van der Waals surface area contributed by atoms with Gasteiger partial charge in [0.2, 0.25) is 10.0 Å². The summed E-state index contributed by atoms with van der Waals surface area (Å²) in [4.78, 5) is 12.5. The zero-order valence-corrected chi connectivity index (χ0v) is 16.1. The summed E-state index contributed by atoms with van der Waals surface area (Å²) >= 11 is 3.35. The molecule has 0 saturated heterocycles. The van der Waals surface area contributed by atoms with E-state index in [9.17, 15) is 13.2 Å². The standard InChI is InChI=1S/C17H19BrN2O4S/c1-2-9-24-16-8-5-13(18)10-15(16)17(21)20-11-12-3-6-14(7-4-12)25(19,22)23/h3-8,10H,2,9,11H2,1H3,(H,20,21)(H2,19,22,23). The molecular formula is C17H19BrN2O4S. The second-order valence-corrected chi connectivity index (χ2v) is 7.84. The second-order valence-electron chi connectivity index (χ2n) is 5.36. The summed E-state index contributed by atoms with van der Waals surface area (Å²) in [6.07, 6.45) is 0.841. The molecule has 8 heteroatoms. The van der Waals surface area contributed by atoms with Crippen molar-refractivity contribution in [3.8, 4) is 5.75 Å². The fraction of sp³-hybridized carbons (Fsp3) is 0.235. The molecule has 2 aromatic rings. The van der Waals surface area contributed by atoms with Gasteiger partial charge in [-0.15, -0.1) is 0 Å². The van der Waals surface area contributed by atoms with E-state index in [4.69, 9.17) is 9.88 Å². The fourth-order valence-electron chi connectivity index (χ4n) is 2.09. The lowest BCUT2D eigenvalue weighted by molar-refractivity contribution is 0.0946. The van der Waals surface area contributed by atoms with Gasteiger partial charge in [-0.25, -0.2) is 13.6 Å². The van der Waals surface area contributed by atoms with Crippen LogP contribution in [0.25, 0.3) is 0 Å². The lowest BCUT2D eigenvalue weighted by Crippen LogP contribution is -2.23. The second kappa shape index (κ2) is 8.46. The number of amides is 1. The summed E-state index contributed by atoms with van der Waals surface area (Å²) in [5.41, 5.74) is 1.19. The lowest BCUT2D eigenvalue weighted by Gasteiger charge is -2.12. The van der Waals surface area contributed by atoms with Crippen LogP contribution >= 0.6 is 15.9 Å². The maximum atomic E-state index is 12.5. The van der Waals surface area contributed by atoms with E-state index in [2.05, 4.69) is 21.2 Å². The van der Waals surface area contributed by atoms with Gasteiger partial charge in [0.15, 0.2) is 0 Å². The molecule has 0 fully saturated rings. The predicted octanol–water partition coefficient (Wildman–Crippen LogP) is 2.82. The molecule has 0 bridgehead atoms. The zero-order valence-electron chi connectivity index (χ0n) is 13.7. The molecule has 0 unspecified atom stereocenters. The number of hydrogen-bond donors (Lipinski definition) is 2. The normalized spacial score (nSPS) is 11.2. The van der Waals surface area contributed by atoms with Crippen LogP contribution in [0.5, 0.6) is 5.75 Å². The average Bonchev–Trinajstić information content (AvgIpc) is 2.58. The van der Waals surface area contributed by atoms with Gasteiger partial charge in [-0.05, 0) is 42.3 Å². The largest absolute Gasteiger partial charge is 0.493 e. The number of carbonyl (C=O) groups is 1. The SMILES string of the molecule is CCCOc1ccc(Br)cc1C(=O)NCc1ccc(S(N)(=O)=O)cc1. The van der Waals surface area contributed by atoms with Crippen LogP contribution in [0.3, 0.4) is 0 Å². The van der Waals surface area contributed by atoms with Crippen LogP contribution in [0.2, 0.25) is 0 Å². The third kappa shape index (κ3) is 5.55. The Labute approximate surface area is 155 Å². The molecule has 2 aromatic carbocycles. The van der Waals surface area contributed by atoms with Gasteiger partial charge < -0.3 is 10.1 Å². The number of benzene rings is 2. The minimum absolute atomic E-state index is 0.0322. The Balaban J connectivity index is 2.08. The summed E-state index contributed by atoms with van der Waals surface area (Å²) in [6.45, 7) is 2.77. The number of nitrogens with one attached hydrogen (secondary N) is 1. The Hall–Kier alpha value is -1.90. The van der Waals surface area contributed by atoms with Crippen LogP contribution in [0.15, 0.2) is 51.8 Å². The summed E-state index contributed by atoms with van der Waals surface area (Å²) in [5, 5.41) is 7.86. The molecule has 134 valence electrons. The third-order valence-corrected chi connectivity index (χ3v) is 4.78.